The number of nitrogens with one attached hydrogen (secondary N) is 6. The van der Waals surface area contributed by atoms with Crippen molar-refractivity contribution in [3.63, 3.8) is 0 Å². The fourth-order valence-electron chi connectivity index (χ4n) is 10.3. The molecule has 4 fully saturated rings. The minimum absolute atomic E-state index is 0.0222. The van der Waals surface area contributed by atoms with Crippen molar-refractivity contribution in [2.24, 2.45) is 22.7 Å². The van der Waals surface area contributed by atoms with Crippen LogP contribution in [0.1, 0.15) is 138 Å². The Balaban J connectivity index is 0.000000224. The molecule has 25 nitrogen and oxygen atoms in total. The average molecular weight is 1340 g/mol. The highest BCUT2D eigenvalue weighted by Crippen LogP contribution is 2.35. The first-order valence-electron chi connectivity index (χ1n) is 31.1. The number of carbonyl (C=O) groups is 8. The van der Waals surface area contributed by atoms with E-state index >= 15 is 0 Å². The molecule has 92 heavy (non-hydrogen) atoms. The number of nitrogens with zero attached hydrogens (tertiary/aromatic N) is 4. The van der Waals surface area contributed by atoms with Gasteiger partial charge in [0.05, 0.1) is 60.9 Å². The molecule has 0 saturated carbocycles. The van der Waals surface area contributed by atoms with Gasteiger partial charge in [-0.15, -0.1) is 6.58 Å². The Morgan fingerprint density at radius 1 is 0.750 bits per heavy atom. The molecule has 8 atom stereocenters. The lowest BCUT2D eigenvalue weighted by atomic mass is 9.87. The van der Waals surface area contributed by atoms with Crippen LogP contribution in [0.2, 0.25) is 0 Å². The summed E-state index contributed by atoms with van der Waals surface area (Å²) in [7, 11) is 0. The Morgan fingerprint density at radius 2 is 1.35 bits per heavy atom. The fourth-order valence-corrected chi connectivity index (χ4v) is 10.7. The predicted octanol–water partition coefficient (Wildman–Crippen LogP) is 5.99. The number of aromatic nitrogens is 2. The van der Waals surface area contributed by atoms with Gasteiger partial charge in [0, 0.05) is 28.3 Å². The molecule has 0 radical (unpaired) electrons. The number of carboxylic acid groups (broad SMARTS) is 1. The van der Waals surface area contributed by atoms with Crippen molar-refractivity contribution in [3.05, 3.63) is 101 Å². The number of ether oxygens (including phenoxy) is 5. The monoisotopic (exact) mass is 1340 g/mol. The number of hydrogen-bond donors (Lipinski definition) is 8. The molecule has 0 unspecified atom stereocenters. The topological polar surface area (TPSA) is 328 Å². The molecule has 500 valence electrons. The molecule has 6 amide bonds. The summed E-state index contributed by atoms with van der Waals surface area (Å²) in [6, 6.07) is 15.6. The number of carbonyl (C=O) groups excluding carboxylic acids is 7. The standard InChI is InChI=1S/C33H43N5O7.C24H32BrN5O4.C9H14O4/c1-19(2)27-29(40)35-21(4)30(41)38-15-7-8-25(37-38)28(39)34-20(3)24-12-11-23-10-9-22(16-26(23)36-24)13-14-33(31(42)45-27)17-43-32(5,6)44-18-33;1-13(2)21(31)23(33)27-15(4)24(34)30-11-5-6-19(29-30)22(32)26-14(3)18-10-8-16-7-9-17(25)12-20(16)28-18;1-4-9(7(10)11)5-12-8(2,3)13-6-9/h9-14,16,19-21,25,27,37H,7-8,15,17-18H2,1-6H3,(H,34,39)(H,35,40);7-10,12-15,19,21,29,31H,5-6,11H2,1-4H3,(H,26,32)(H,27,33);4H,1,5-6H2,2-3H3,(H,10,11)/b14-13+;;/t20-,21+,25+,27+;14-,15+,19+,21+;/m11./s1. The highest BCUT2D eigenvalue weighted by Gasteiger charge is 2.48. The quantitative estimate of drug-likeness (QED) is 0.0667. The number of hydrogen-bond acceptors (Lipinski definition) is 18. The zero-order valence-electron chi connectivity index (χ0n) is 54.4. The van der Waals surface area contributed by atoms with Crippen LogP contribution in [0, 0.1) is 22.7 Å². The predicted molar refractivity (Wildman–Crippen MR) is 345 cm³/mol. The Bertz CT molecular complexity index is 3390. The highest BCUT2D eigenvalue weighted by atomic mass is 79.9. The lowest BCUT2D eigenvalue weighted by molar-refractivity contribution is -0.277. The number of rotatable bonds is 10. The van der Waals surface area contributed by atoms with E-state index in [9.17, 15) is 43.5 Å². The van der Waals surface area contributed by atoms with Gasteiger partial charge in [0.15, 0.2) is 17.7 Å². The van der Waals surface area contributed by atoms with E-state index in [1.165, 1.54) is 16.1 Å². The molecule has 26 heteroatoms. The van der Waals surface area contributed by atoms with Crippen molar-refractivity contribution in [3.8, 4) is 0 Å². The molecule has 2 aromatic heterocycles. The Labute approximate surface area is 544 Å². The lowest BCUT2D eigenvalue weighted by Gasteiger charge is -2.41. The molecule has 5 aliphatic heterocycles. The van der Waals surface area contributed by atoms with Crippen molar-refractivity contribution in [2.75, 3.05) is 39.5 Å². The first-order chi connectivity index (χ1) is 43.2. The number of carboxylic acids is 1. The van der Waals surface area contributed by atoms with E-state index in [0.717, 1.165) is 32.0 Å². The largest absolute Gasteiger partial charge is 0.480 e. The van der Waals surface area contributed by atoms with Crippen LogP contribution in [0.15, 0.2) is 83.9 Å². The number of hydrazine groups is 2. The van der Waals surface area contributed by atoms with E-state index in [2.05, 4.69) is 59.6 Å². The number of aliphatic hydroxyl groups is 1. The van der Waals surface area contributed by atoms with Gasteiger partial charge in [-0.1, -0.05) is 92.2 Å². The lowest BCUT2D eigenvalue weighted by Crippen LogP contribution is -2.61. The number of benzene rings is 2. The summed E-state index contributed by atoms with van der Waals surface area (Å²) in [5, 5.41) is 34.7. The van der Waals surface area contributed by atoms with Crippen molar-refractivity contribution in [1.82, 2.24) is 52.1 Å². The molecule has 5 bridgehead atoms. The molecule has 9 rings (SSSR count). The van der Waals surface area contributed by atoms with Gasteiger partial charge in [0.2, 0.25) is 17.7 Å². The van der Waals surface area contributed by atoms with Gasteiger partial charge in [-0.25, -0.2) is 10.9 Å². The average Bonchev–Trinajstić information content (AvgIpc) is 0.892. The maximum absolute atomic E-state index is 13.9. The summed E-state index contributed by atoms with van der Waals surface area (Å²) >= 11 is 3.45. The second-order valence-corrected chi connectivity index (χ2v) is 26.6. The van der Waals surface area contributed by atoms with Crippen LogP contribution in [0.5, 0.6) is 0 Å². The van der Waals surface area contributed by atoms with Crippen LogP contribution in [-0.2, 0) is 62.0 Å². The van der Waals surface area contributed by atoms with Gasteiger partial charge < -0.3 is 55.2 Å². The number of esters is 1. The summed E-state index contributed by atoms with van der Waals surface area (Å²) in [4.78, 5) is 112. The van der Waals surface area contributed by atoms with Crippen molar-refractivity contribution in [1.29, 1.82) is 0 Å². The minimum Gasteiger partial charge on any atom is -0.480 e. The summed E-state index contributed by atoms with van der Waals surface area (Å²) in [5.41, 5.74) is 7.34. The second-order valence-electron chi connectivity index (χ2n) is 25.7. The van der Waals surface area contributed by atoms with Gasteiger partial charge in [0.1, 0.15) is 41.1 Å². The third-order valence-corrected chi connectivity index (χ3v) is 17.0. The number of amides is 6. The fraction of sp³-hybridized carbons (Fsp3) is 0.545. The molecule has 4 aromatic rings. The SMILES string of the molecule is C=CC1(C(=O)O)COC(C)(C)OC1.CC(C)[C@@H]1OC(=O)C2(/C=C/c3ccc4ccc(nc4c3)[C@@H](C)NC(=O)[C@@H]3CCCN(N3)C(=O)[C@H](C)NC1=O)COC(C)(C)OC2.CC(C)[C@H](O)C(=O)N[C@@H](C)C(=O)N1CCC[C@@H](C(=O)N[C@H](C)c2ccc3ccc(Br)cc3n2)N1. The minimum atomic E-state index is -1.33. The van der Waals surface area contributed by atoms with Crippen molar-refractivity contribution in [2.45, 2.75) is 169 Å². The highest BCUT2D eigenvalue weighted by molar-refractivity contribution is 9.10. The van der Waals surface area contributed by atoms with Crippen molar-refractivity contribution < 1.29 is 72.3 Å². The van der Waals surface area contributed by atoms with Gasteiger partial charge in [-0.05, 0) is 129 Å². The molecule has 7 heterocycles. The second kappa shape index (κ2) is 30.6. The van der Waals surface area contributed by atoms with E-state index in [1.54, 1.807) is 81.4 Å². The number of pyridine rings is 2. The molecule has 5 aliphatic rings. The van der Waals surface area contributed by atoms with E-state index in [1.807, 2.05) is 74.5 Å². The third-order valence-electron chi connectivity index (χ3n) is 16.5. The molecular formula is C66H89BrN10O15. The molecular weight excluding hydrogens is 1250 g/mol. The van der Waals surface area contributed by atoms with E-state index < -0.39 is 100 Å². The molecule has 2 aromatic carbocycles. The normalized spacial score (nSPS) is 24.5. The Hall–Kier alpha value is -7.30. The number of fused-ring (bicyclic) bond motifs is 5. The Morgan fingerprint density at radius 3 is 1.98 bits per heavy atom. The first-order valence-corrected chi connectivity index (χ1v) is 31.9. The zero-order valence-corrected chi connectivity index (χ0v) is 56.0. The van der Waals surface area contributed by atoms with Crippen LogP contribution >= 0.6 is 15.9 Å². The number of aliphatic carboxylic acids is 1. The van der Waals surface area contributed by atoms with Crippen molar-refractivity contribution >= 4 is 91.2 Å². The van der Waals surface area contributed by atoms with Crippen LogP contribution < -0.4 is 32.1 Å². The summed E-state index contributed by atoms with van der Waals surface area (Å²) in [5.74, 6) is -6.33. The number of aliphatic hydroxyl groups excluding tert-OH is 1. The van der Waals surface area contributed by atoms with E-state index in [4.69, 9.17) is 33.8 Å². The number of cyclic esters (lactones) is 1. The maximum atomic E-state index is 13.9. The summed E-state index contributed by atoms with van der Waals surface area (Å²) in [6.07, 6.45) is 4.85. The summed E-state index contributed by atoms with van der Waals surface area (Å²) < 4.78 is 29.2. The molecule has 1 spiro atoms. The van der Waals surface area contributed by atoms with Gasteiger partial charge >= 0.3 is 11.9 Å². The Kier molecular flexibility index (Phi) is 24.0. The van der Waals surface area contributed by atoms with Gasteiger partial charge in [0.25, 0.3) is 17.7 Å². The summed E-state index contributed by atoms with van der Waals surface area (Å²) in [6.45, 7) is 25.3. The maximum Gasteiger partial charge on any atom is 0.321 e. The zero-order chi connectivity index (χ0) is 67.6. The van der Waals surface area contributed by atoms with Crippen LogP contribution in [-0.4, -0.2) is 165 Å². The van der Waals surface area contributed by atoms with Crippen LogP contribution in [0.25, 0.3) is 27.9 Å². The molecule has 4 saturated heterocycles. The first kappa shape index (κ1) is 72.1. The number of halogens is 1. The van der Waals surface area contributed by atoms with E-state index in [0.29, 0.717) is 50.0 Å². The van der Waals surface area contributed by atoms with Crippen LogP contribution in [0.4, 0.5) is 0 Å². The van der Waals surface area contributed by atoms with E-state index in [-0.39, 0.29) is 56.1 Å². The third kappa shape index (κ3) is 18.3. The molecule has 0 aliphatic carbocycles. The van der Waals surface area contributed by atoms with Gasteiger partial charge in [-0.3, -0.25) is 58.3 Å². The smallest absolute Gasteiger partial charge is 0.321 e. The molecule has 8 N–H and O–H groups in total. The van der Waals surface area contributed by atoms with Gasteiger partial charge in [-0.2, -0.15) is 0 Å². The van der Waals surface area contributed by atoms with Crippen LogP contribution in [0.3, 0.4) is 0 Å².